The first-order valence-electron chi connectivity index (χ1n) is 6.84. The van der Waals surface area contributed by atoms with Crippen molar-refractivity contribution in [1.29, 1.82) is 0 Å². The number of hydrogen-bond acceptors (Lipinski definition) is 6. The molecule has 0 bridgehead atoms. The molecule has 0 aliphatic carbocycles. The molecule has 0 saturated heterocycles. The number of aliphatic hydroxyl groups is 1. The number of amides is 1. The number of carbonyl (C=O) groups is 1. The Hall–Kier alpha value is -2.19. The van der Waals surface area contributed by atoms with Gasteiger partial charge in [-0.05, 0) is 6.92 Å². The Bertz CT molecular complexity index is 717. The van der Waals surface area contributed by atoms with Crippen molar-refractivity contribution in [1.82, 2.24) is 24.8 Å². The summed E-state index contributed by atoms with van der Waals surface area (Å²) in [6.45, 7) is 2.99. The standard InChI is InChI=1S/C13H15ClN6O2/c1-7(6-21)17-13-16-4-8(14)10(19-13)9-5-20-3-2-15-12(22)11(20)18-9/h4-5,7,21H,2-3,6H2,1H3,(H,15,22)(H,16,17,19)/t7-/m0/s1. The number of halogens is 1. The first-order chi connectivity index (χ1) is 10.6. The van der Waals surface area contributed by atoms with E-state index in [1.165, 1.54) is 6.20 Å². The lowest BCUT2D eigenvalue weighted by atomic mass is 10.3. The van der Waals surface area contributed by atoms with E-state index in [-0.39, 0.29) is 18.6 Å². The lowest BCUT2D eigenvalue weighted by Crippen LogP contribution is -2.35. The Morgan fingerprint density at radius 2 is 2.36 bits per heavy atom. The minimum Gasteiger partial charge on any atom is -0.394 e. The van der Waals surface area contributed by atoms with E-state index in [1.807, 2.05) is 0 Å². The molecule has 1 aliphatic heterocycles. The highest BCUT2D eigenvalue weighted by molar-refractivity contribution is 6.32. The molecule has 3 heterocycles. The van der Waals surface area contributed by atoms with Gasteiger partial charge in [0, 0.05) is 25.3 Å². The Morgan fingerprint density at radius 3 is 3.09 bits per heavy atom. The Morgan fingerprint density at radius 1 is 1.55 bits per heavy atom. The van der Waals surface area contributed by atoms with Crippen LogP contribution < -0.4 is 10.6 Å². The van der Waals surface area contributed by atoms with Gasteiger partial charge in [0.25, 0.3) is 5.91 Å². The van der Waals surface area contributed by atoms with Gasteiger partial charge in [-0.3, -0.25) is 4.79 Å². The number of fused-ring (bicyclic) bond motifs is 1. The Kier molecular flexibility index (Phi) is 3.95. The average molecular weight is 323 g/mol. The molecule has 116 valence electrons. The fraction of sp³-hybridized carbons (Fsp3) is 0.385. The summed E-state index contributed by atoms with van der Waals surface area (Å²) >= 11 is 6.15. The van der Waals surface area contributed by atoms with E-state index in [1.54, 1.807) is 17.7 Å². The number of carbonyl (C=O) groups excluding carboxylic acids is 1. The van der Waals surface area contributed by atoms with Crippen LogP contribution in [0.1, 0.15) is 17.5 Å². The molecule has 0 saturated carbocycles. The topological polar surface area (TPSA) is 105 Å². The predicted molar refractivity (Wildman–Crippen MR) is 80.8 cm³/mol. The van der Waals surface area contributed by atoms with Crippen molar-refractivity contribution in [3.05, 3.63) is 23.2 Å². The zero-order valence-electron chi connectivity index (χ0n) is 11.9. The highest BCUT2D eigenvalue weighted by Gasteiger charge is 2.22. The van der Waals surface area contributed by atoms with Crippen LogP contribution >= 0.6 is 11.6 Å². The molecule has 0 radical (unpaired) electrons. The molecular formula is C13H15ClN6O2. The van der Waals surface area contributed by atoms with E-state index in [9.17, 15) is 4.79 Å². The summed E-state index contributed by atoms with van der Waals surface area (Å²) in [5.41, 5.74) is 0.957. The first-order valence-corrected chi connectivity index (χ1v) is 7.22. The second-order valence-corrected chi connectivity index (χ2v) is 5.42. The number of anilines is 1. The van der Waals surface area contributed by atoms with Crippen molar-refractivity contribution in [2.45, 2.75) is 19.5 Å². The van der Waals surface area contributed by atoms with Crippen molar-refractivity contribution in [2.75, 3.05) is 18.5 Å². The molecule has 2 aromatic heterocycles. The summed E-state index contributed by atoms with van der Waals surface area (Å²) in [7, 11) is 0. The lowest BCUT2D eigenvalue weighted by Gasteiger charge is -2.13. The van der Waals surface area contributed by atoms with Crippen LogP contribution in [0.3, 0.4) is 0 Å². The number of hydrogen-bond donors (Lipinski definition) is 3. The molecule has 3 N–H and O–H groups in total. The third kappa shape index (κ3) is 2.75. The minimum atomic E-state index is -0.213. The summed E-state index contributed by atoms with van der Waals surface area (Å²) < 4.78 is 1.77. The number of rotatable bonds is 4. The number of aliphatic hydroxyl groups excluding tert-OH is 1. The van der Waals surface area contributed by atoms with E-state index in [4.69, 9.17) is 16.7 Å². The third-order valence-electron chi connectivity index (χ3n) is 3.25. The molecule has 2 aromatic rings. The monoisotopic (exact) mass is 322 g/mol. The van der Waals surface area contributed by atoms with Crippen molar-refractivity contribution < 1.29 is 9.90 Å². The van der Waals surface area contributed by atoms with Crippen LogP contribution in [0.2, 0.25) is 5.02 Å². The minimum absolute atomic E-state index is 0.0414. The van der Waals surface area contributed by atoms with Crippen LogP contribution in [0, 0.1) is 0 Å². The van der Waals surface area contributed by atoms with E-state index in [2.05, 4.69) is 25.6 Å². The van der Waals surface area contributed by atoms with Gasteiger partial charge in [-0.25, -0.2) is 15.0 Å². The summed E-state index contributed by atoms with van der Waals surface area (Å²) in [5.74, 6) is 0.473. The van der Waals surface area contributed by atoms with Crippen LogP contribution in [0.25, 0.3) is 11.4 Å². The molecule has 0 spiro atoms. The maximum absolute atomic E-state index is 11.8. The lowest BCUT2D eigenvalue weighted by molar-refractivity contribution is 0.0922. The quantitative estimate of drug-likeness (QED) is 0.758. The number of imidazole rings is 1. The van der Waals surface area contributed by atoms with Gasteiger partial charge in [0.05, 0.1) is 17.8 Å². The maximum Gasteiger partial charge on any atom is 0.287 e. The maximum atomic E-state index is 11.8. The highest BCUT2D eigenvalue weighted by Crippen LogP contribution is 2.26. The molecule has 0 fully saturated rings. The third-order valence-corrected chi connectivity index (χ3v) is 3.53. The molecular weight excluding hydrogens is 308 g/mol. The van der Waals surface area contributed by atoms with E-state index >= 15 is 0 Å². The Labute approximate surface area is 131 Å². The molecule has 8 nitrogen and oxygen atoms in total. The zero-order valence-corrected chi connectivity index (χ0v) is 12.6. The van der Waals surface area contributed by atoms with E-state index in [0.717, 1.165) is 0 Å². The van der Waals surface area contributed by atoms with Gasteiger partial charge in [-0.15, -0.1) is 0 Å². The normalized spacial score (nSPS) is 15.1. The summed E-state index contributed by atoms with van der Waals surface area (Å²) in [6, 6.07) is -0.185. The first kappa shape index (κ1) is 14.7. The molecule has 9 heteroatoms. The second kappa shape index (κ2) is 5.90. The smallest absolute Gasteiger partial charge is 0.287 e. The molecule has 3 rings (SSSR count). The molecule has 1 aliphatic rings. The Balaban J connectivity index is 1.97. The number of aromatic nitrogens is 4. The fourth-order valence-electron chi connectivity index (χ4n) is 2.13. The van der Waals surface area contributed by atoms with Crippen LogP contribution in [0.15, 0.2) is 12.4 Å². The van der Waals surface area contributed by atoms with Gasteiger partial charge < -0.3 is 20.3 Å². The van der Waals surface area contributed by atoms with Crippen molar-refractivity contribution in [3.8, 4) is 11.4 Å². The van der Waals surface area contributed by atoms with Gasteiger partial charge >= 0.3 is 0 Å². The zero-order chi connectivity index (χ0) is 15.7. The van der Waals surface area contributed by atoms with Crippen molar-refractivity contribution >= 4 is 23.5 Å². The predicted octanol–water partition coefficient (Wildman–Crippen LogP) is 0.530. The molecule has 0 aromatic carbocycles. The van der Waals surface area contributed by atoms with Gasteiger partial charge in [-0.1, -0.05) is 11.6 Å². The molecule has 1 atom stereocenters. The summed E-state index contributed by atoms with van der Waals surface area (Å²) in [5, 5.41) is 15.1. The highest BCUT2D eigenvalue weighted by atomic mass is 35.5. The second-order valence-electron chi connectivity index (χ2n) is 5.02. The van der Waals surface area contributed by atoms with Crippen molar-refractivity contribution in [3.63, 3.8) is 0 Å². The molecule has 22 heavy (non-hydrogen) atoms. The van der Waals surface area contributed by atoms with Crippen LogP contribution in [-0.4, -0.2) is 49.7 Å². The van der Waals surface area contributed by atoms with Crippen LogP contribution in [-0.2, 0) is 6.54 Å². The van der Waals surface area contributed by atoms with Crippen LogP contribution in [0.5, 0.6) is 0 Å². The fourth-order valence-corrected chi connectivity index (χ4v) is 2.32. The van der Waals surface area contributed by atoms with Crippen LogP contribution in [0.4, 0.5) is 5.95 Å². The molecule has 0 unspecified atom stereocenters. The SMILES string of the molecule is C[C@@H](CO)Nc1ncc(Cl)c(-c2cn3c(n2)C(=O)NCC3)n1. The van der Waals surface area contributed by atoms with Gasteiger partial charge in [-0.2, -0.15) is 0 Å². The van der Waals surface area contributed by atoms with E-state index < -0.39 is 0 Å². The average Bonchev–Trinajstić information content (AvgIpc) is 2.94. The molecule has 1 amide bonds. The summed E-state index contributed by atoms with van der Waals surface area (Å²) in [6.07, 6.45) is 3.22. The van der Waals surface area contributed by atoms with Crippen molar-refractivity contribution in [2.24, 2.45) is 0 Å². The van der Waals surface area contributed by atoms with E-state index in [0.29, 0.717) is 41.3 Å². The number of nitrogens with one attached hydrogen (secondary N) is 2. The summed E-state index contributed by atoms with van der Waals surface area (Å²) in [4.78, 5) is 24.5. The largest absolute Gasteiger partial charge is 0.394 e. The number of nitrogens with zero attached hydrogens (tertiary/aromatic N) is 4. The van der Waals surface area contributed by atoms with Gasteiger partial charge in [0.15, 0.2) is 5.82 Å². The van der Waals surface area contributed by atoms with Gasteiger partial charge in [0.2, 0.25) is 5.95 Å². The van der Waals surface area contributed by atoms with Gasteiger partial charge in [0.1, 0.15) is 11.4 Å².